The predicted octanol–water partition coefficient (Wildman–Crippen LogP) is 17.3. The maximum atomic E-state index is 13.9. The summed E-state index contributed by atoms with van der Waals surface area (Å²) in [5.74, 6) is 5.16. The third kappa shape index (κ3) is 19.0. The fourth-order valence-corrected chi connectivity index (χ4v) is 41.0. The molecule has 8 saturated carbocycles. The van der Waals surface area contributed by atoms with Crippen molar-refractivity contribution in [1.82, 2.24) is 15.1 Å². The summed E-state index contributed by atoms with van der Waals surface area (Å²) < 4.78 is 170. The number of morpholine rings is 3. The van der Waals surface area contributed by atoms with Gasteiger partial charge in [-0.2, -0.15) is 0 Å². The Hall–Kier alpha value is -6.67. The first kappa shape index (κ1) is 105. The molecule has 2 N–H and O–H groups in total. The van der Waals surface area contributed by atoms with Gasteiger partial charge >= 0.3 is 5.97 Å². The molecule has 16 atom stereocenters. The molecule has 8 aliphatic carbocycles. The molecular weight excluding hydrogens is 1820 g/mol. The van der Waals surface area contributed by atoms with E-state index >= 15 is 0 Å². The van der Waals surface area contributed by atoms with Crippen molar-refractivity contribution in [2.75, 3.05) is 157 Å². The van der Waals surface area contributed by atoms with Gasteiger partial charge in [0.2, 0.25) is 0 Å². The van der Waals surface area contributed by atoms with E-state index in [1.54, 1.807) is 80.7 Å². The van der Waals surface area contributed by atoms with Crippen molar-refractivity contribution >= 4 is 57.1 Å². The van der Waals surface area contributed by atoms with Crippen LogP contribution in [0.15, 0.2) is 68.1 Å². The molecule has 4 aromatic rings. The number of benzene rings is 4. The zero-order valence-corrected chi connectivity index (χ0v) is 89.0. The Morgan fingerprint density at radius 1 is 0.343 bits per heavy atom. The lowest BCUT2D eigenvalue weighted by Gasteiger charge is -2.63. The van der Waals surface area contributed by atoms with Gasteiger partial charge in [0.25, 0.3) is 11.8 Å². The van der Waals surface area contributed by atoms with E-state index in [-0.39, 0.29) is 159 Å². The Labute approximate surface area is 817 Å². The number of methoxy groups -OCH3 is 5. The Kier molecular flexibility index (Phi) is 29.4. The number of nitrogens with zero attached hydrogens (tertiary/aromatic N) is 2. The minimum absolute atomic E-state index is 0.00239. The van der Waals surface area contributed by atoms with E-state index in [0.717, 1.165) is 151 Å². The molecule has 7 heterocycles. The Bertz CT molecular complexity index is 5470. The maximum Gasteiger partial charge on any atom is 0.343 e. The number of carbonyl (C=O) groups excluding carboxylic acids is 3. The number of rotatable bonds is 13. The van der Waals surface area contributed by atoms with Gasteiger partial charge in [-0.3, -0.25) is 9.59 Å². The number of amides is 2. The number of esters is 1. The smallest absolute Gasteiger partial charge is 0.343 e. The van der Waals surface area contributed by atoms with Crippen molar-refractivity contribution in [2.24, 2.45) is 90.7 Å². The molecule has 0 unspecified atom stereocenters. The summed E-state index contributed by atoms with van der Waals surface area (Å²) >= 11 is 0. The number of sulfone groups is 4. The molecule has 0 bridgehead atoms. The van der Waals surface area contributed by atoms with Crippen LogP contribution in [0, 0.1) is 90.7 Å². The molecule has 0 radical (unpaired) electrons. The molecular formula is C107H159N3O23S4. The highest BCUT2D eigenvalue weighted by Gasteiger charge is 2.68. The van der Waals surface area contributed by atoms with Gasteiger partial charge in [0.05, 0.1) is 118 Å². The van der Waals surface area contributed by atoms with Crippen molar-refractivity contribution in [1.29, 1.82) is 0 Å². The van der Waals surface area contributed by atoms with Crippen molar-refractivity contribution in [3.8, 4) is 46.0 Å². The van der Waals surface area contributed by atoms with Crippen LogP contribution in [0.2, 0.25) is 0 Å². The molecule has 19 rings (SSSR count). The predicted molar refractivity (Wildman–Crippen MR) is 526 cm³/mol. The number of ether oxygens (including phenoxy) is 11. The molecule has 4 aromatic carbocycles. The minimum atomic E-state index is -3.56. The molecule has 30 heteroatoms. The van der Waals surface area contributed by atoms with Crippen LogP contribution in [0.4, 0.5) is 0 Å². The van der Waals surface area contributed by atoms with Crippen LogP contribution in [0.25, 0.3) is 0 Å². The van der Waals surface area contributed by atoms with Crippen LogP contribution >= 0.6 is 0 Å². The molecule has 2 amide bonds. The first-order valence-electron chi connectivity index (χ1n) is 50.6. The lowest BCUT2D eigenvalue weighted by molar-refractivity contribution is -0.143. The molecule has 137 heavy (non-hydrogen) atoms. The molecule has 764 valence electrons. The lowest BCUT2D eigenvalue weighted by atomic mass is 9.43. The van der Waals surface area contributed by atoms with Crippen molar-refractivity contribution in [3.63, 3.8) is 0 Å². The summed E-state index contributed by atoms with van der Waals surface area (Å²) in [5.41, 5.74) is 2.82. The van der Waals surface area contributed by atoms with E-state index in [4.69, 9.17) is 47.4 Å². The van der Waals surface area contributed by atoms with Crippen molar-refractivity contribution < 1.29 is 105 Å². The molecule has 11 fully saturated rings. The van der Waals surface area contributed by atoms with Crippen molar-refractivity contribution in [2.45, 2.75) is 280 Å². The quantitative estimate of drug-likeness (QED) is 0.117. The zero-order valence-electron chi connectivity index (χ0n) is 85.8. The number of carbonyl (C=O) groups is 3. The second-order valence-electron chi connectivity index (χ2n) is 47.6. The number of hydrogen-bond donors (Lipinski definition) is 2. The third-order valence-corrected chi connectivity index (χ3v) is 45.3. The zero-order chi connectivity index (χ0) is 99.5. The van der Waals surface area contributed by atoms with Gasteiger partial charge in [-0.05, 0) is 218 Å². The van der Waals surface area contributed by atoms with E-state index in [1.807, 2.05) is 0 Å². The SMILES string of the molecule is C1COCCN1.COC(=O)COc1cc(OC)c2c(c1)S(=O)(=O)C[C@@H]1[C@@]3(C)CCCC(C)(C)[C@@H]3CC[C@@]21C.COc1cc(O)cc2c1[C@]1(C)CC[C@H]3C(C)(C)CCC[C@]3(C)[C@H]1CS2(=O)=O.COc1cc(OCC(=O)N2CCOCC2)cc2c1[C@]1(C)CC[C@H]3C(C)(C)CCC[C@]3(C)[C@H]1CS2(=O)=O.COc1cc(OCC(=O)N2CCOCC2)cc2c1[C@]1(C)CC[C@H]3C(C)(C)CCC[C@]3(C)[C@H]1CS2(=O)=O. The van der Waals surface area contributed by atoms with Crippen LogP contribution in [0.3, 0.4) is 0 Å². The van der Waals surface area contributed by atoms with Gasteiger partial charge in [0, 0.05) is 107 Å². The Balaban J connectivity index is 0.000000136. The second kappa shape index (κ2) is 38.5. The third-order valence-electron chi connectivity index (χ3n) is 38.3. The number of phenolic OH excluding ortho intramolecular Hbond substituents is 1. The van der Waals surface area contributed by atoms with Gasteiger partial charge in [0.15, 0.2) is 59.2 Å². The summed E-state index contributed by atoms with van der Waals surface area (Å²) in [6.45, 7) is 44.8. The molecule has 7 aliphatic heterocycles. The second-order valence-corrected chi connectivity index (χ2v) is 55.6. The minimum Gasteiger partial charge on any atom is -0.508 e. The lowest BCUT2D eigenvalue weighted by Crippen LogP contribution is -2.59. The number of phenols is 1. The summed E-state index contributed by atoms with van der Waals surface area (Å²) in [7, 11) is -6.55. The molecule has 3 saturated heterocycles. The maximum absolute atomic E-state index is 13.9. The fourth-order valence-electron chi connectivity index (χ4n) is 31.7. The fraction of sp³-hybridized carbons (Fsp3) is 0.748. The average Bonchev–Trinajstić information content (AvgIpc) is 0.702. The van der Waals surface area contributed by atoms with Gasteiger partial charge in [-0.1, -0.05) is 136 Å². The van der Waals surface area contributed by atoms with Gasteiger partial charge < -0.3 is 72.3 Å². The number of fused-ring (bicyclic) bond motifs is 20. The number of nitrogens with one attached hydrogen (secondary N) is 1. The highest BCUT2D eigenvalue weighted by atomic mass is 32.2. The molecule has 0 aromatic heterocycles. The highest BCUT2D eigenvalue weighted by Crippen LogP contribution is 2.73. The largest absolute Gasteiger partial charge is 0.508 e. The Morgan fingerprint density at radius 2 is 0.599 bits per heavy atom. The molecule has 26 nitrogen and oxygen atoms in total. The van der Waals surface area contributed by atoms with Crippen LogP contribution in [0.5, 0.6) is 46.0 Å². The molecule has 0 spiro atoms. The molecule has 15 aliphatic rings. The monoisotopic (exact) mass is 1980 g/mol. The normalized spacial score (nSPS) is 35.0. The van der Waals surface area contributed by atoms with Crippen molar-refractivity contribution in [3.05, 3.63) is 70.8 Å². The average molecular weight is 1980 g/mol. The first-order valence-corrected chi connectivity index (χ1v) is 57.2. The van der Waals surface area contributed by atoms with Gasteiger partial charge in [0.1, 0.15) is 46.0 Å². The van der Waals surface area contributed by atoms with Crippen LogP contribution in [-0.4, -0.2) is 224 Å². The standard InChI is InChI=1S/2C28H41NO6S.C25H36O6S.C22H32O4S.C4H9NO/c2*1-26(2)8-6-9-27(3)22(26)7-10-28(4)23(27)18-36(31,32)21-16-19(15-20(33-5)25(21)28)35-17-24(30)29-11-13-34-14-12-29;1-23(2)9-7-10-24(3)19(23)8-11-25(4)20(24)15-32(27,28)18-13-16(31-14-21(26)30-6)12-17(29-5)22(18)25;1-20(2)8-6-9-21(3)17(20)7-10-22(4)18(21)13-27(24,25)16-12-14(23)11-15(26-5)19(16)22;1-3-6-4-2-5-1/h2*15-16,22-23H,6-14,17-18H2,1-5H3;12-13,19-20H,7-11,14-15H2,1-6H3;11-12,17-18,23H,6-10,13H2,1-5H3;5H,1-4H2/t2*22-,23+,27-,28+;19-,20+,24-,25+;17-,18+,21-,22+;/m0000./s1. The van der Waals surface area contributed by atoms with E-state index in [9.17, 15) is 53.2 Å². The number of hydrogen-bond acceptors (Lipinski definition) is 24. The highest BCUT2D eigenvalue weighted by molar-refractivity contribution is 7.92. The summed E-state index contributed by atoms with van der Waals surface area (Å²) in [6, 6.07) is 13.1. The summed E-state index contributed by atoms with van der Waals surface area (Å²) in [5, 5.41) is 13.2. The Morgan fingerprint density at radius 3 is 0.847 bits per heavy atom. The summed E-state index contributed by atoms with van der Waals surface area (Å²) in [6.07, 6.45) is 21.8. The van der Waals surface area contributed by atoms with Gasteiger partial charge in [-0.25, -0.2) is 38.5 Å². The summed E-state index contributed by atoms with van der Waals surface area (Å²) in [4.78, 5) is 41.3. The van der Waals surface area contributed by atoms with Crippen LogP contribution < -0.4 is 38.5 Å². The first-order chi connectivity index (χ1) is 64.2. The topological polar surface area (TPSA) is 328 Å². The van der Waals surface area contributed by atoms with Gasteiger partial charge in [-0.15, -0.1) is 0 Å². The number of aromatic hydroxyl groups is 1. The van der Waals surface area contributed by atoms with E-state index in [2.05, 4.69) is 121 Å². The van der Waals surface area contributed by atoms with E-state index in [1.165, 1.54) is 38.9 Å². The van der Waals surface area contributed by atoms with Crippen LogP contribution in [0.1, 0.15) is 261 Å². The van der Waals surface area contributed by atoms with E-state index < -0.39 is 45.3 Å². The van der Waals surface area contributed by atoms with Crippen LogP contribution in [-0.2, 0) is 94.3 Å². The van der Waals surface area contributed by atoms with E-state index in [0.29, 0.717) is 126 Å².